The molecule has 1 aromatic carbocycles. The first kappa shape index (κ1) is 17.7. The van der Waals surface area contributed by atoms with E-state index < -0.39 is 12.6 Å². The van der Waals surface area contributed by atoms with Gasteiger partial charge in [-0.15, -0.1) is 0 Å². The Morgan fingerprint density at radius 1 is 1.33 bits per heavy atom. The number of carboxylic acids is 1. The van der Waals surface area contributed by atoms with Crippen molar-refractivity contribution in [2.45, 2.75) is 20.0 Å². The maximum Gasteiger partial charge on any atom is 0.329 e. The predicted octanol–water partition coefficient (Wildman–Crippen LogP) is 3.29. The van der Waals surface area contributed by atoms with Gasteiger partial charge in [-0.3, -0.25) is 0 Å². The van der Waals surface area contributed by atoms with Crippen LogP contribution in [0.4, 0.5) is 5.69 Å². The zero-order chi connectivity index (χ0) is 16.0. The normalized spacial score (nSPS) is 10.7. The number of benzene rings is 1. The molecule has 0 spiro atoms. The summed E-state index contributed by atoms with van der Waals surface area (Å²) in [5.41, 5.74) is 0.190. The van der Waals surface area contributed by atoms with Crippen molar-refractivity contribution in [3.8, 4) is 5.75 Å². The molecule has 116 valence electrons. The molecule has 1 rings (SSSR count). The van der Waals surface area contributed by atoms with E-state index in [-0.39, 0.29) is 30.0 Å². The lowest BCUT2D eigenvalue weighted by Gasteiger charge is -2.11. The molecule has 1 N–H and O–H groups in total. The lowest BCUT2D eigenvalue weighted by molar-refractivity contribution is -0.466. The number of hydrogen-bond donors (Lipinski definition) is 1. The standard InChI is InChI=1S/C13H15Cl2NO5/c1-8(2)21-12-6-11(9(14)5-10(12)15)16(19)3-4-20-7-13(17)18/h5-6,8H,3-4,7H2,1-2H3/p+1. The average molecular weight is 337 g/mol. The molecule has 0 amide bonds. The first-order valence-corrected chi connectivity index (χ1v) is 6.96. The van der Waals surface area contributed by atoms with Crippen LogP contribution >= 0.6 is 23.2 Å². The number of ether oxygens (including phenoxy) is 2. The number of rotatable bonds is 8. The van der Waals surface area contributed by atoms with Crippen LogP contribution in [0.25, 0.3) is 0 Å². The molecular weight excluding hydrogens is 321 g/mol. The smallest absolute Gasteiger partial charge is 0.329 e. The van der Waals surface area contributed by atoms with Crippen LogP contribution in [0.2, 0.25) is 10.0 Å². The van der Waals surface area contributed by atoms with Gasteiger partial charge in [-0.2, -0.15) is 0 Å². The predicted molar refractivity (Wildman–Crippen MR) is 78.8 cm³/mol. The van der Waals surface area contributed by atoms with Crippen molar-refractivity contribution in [2.24, 2.45) is 0 Å². The number of hydrogen-bond acceptors (Lipinski definition) is 4. The van der Waals surface area contributed by atoms with Crippen LogP contribution in [0.15, 0.2) is 12.1 Å². The Bertz CT molecular complexity index is 534. The number of halogens is 2. The lowest BCUT2D eigenvalue weighted by Crippen LogP contribution is -2.15. The number of nitroso groups, excluding NO2 is 1. The second-order valence-corrected chi connectivity index (χ2v) is 5.26. The molecule has 0 unspecified atom stereocenters. The van der Waals surface area contributed by atoms with E-state index in [9.17, 15) is 9.70 Å². The van der Waals surface area contributed by atoms with Crippen molar-refractivity contribution < 1.29 is 24.1 Å². The monoisotopic (exact) mass is 336 g/mol. The molecule has 6 nitrogen and oxygen atoms in total. The van der Waals surface area contributed by atoms with Crippen molar-refractivity contribution >= 4 is 34.9 Å². The quantitative estimate of drug-likeness (QED) is 0.582. The molecule has 0 aliphatic heterocycles. The van der Waals surface area contributed by atoms with Gasteiger partial charge in [0.2, 0.25) is 6.54 Å². The van der Waals surface area contributed by atoms with Gasteiger partial charge >= 0.3 is 5.97 Å². The second-order valence-electron chi connectivity index (χ2n) is 4.45. The van der Waals surface area contributed by atoms with Gasteiger partial charge in [0.1, 0.15) is 24.0 Å². The van der Waals surface area contributed by atoms with Crippen molar-refractivity contribution in [3.63, 3.8) is 0 Å². The summed E-state index contributed by atoms with van der Waals surface area (Å²) in [7, 11) is 0. The van der Waals surface area contributed by atoms with Gasteiger partial charge in [0.05, 0.1) is 17.2 Å². The fourth-order valence-electron chi connectivity index (χ4n) is 1.48. The van der Waals surface area contributed by atoms with Crippen LogP contribution in [0.3, 0.4) is 0 Å². The van der Waals surface area contributed by atoms with Crippen LogP contribution < -0.4 is 4.74 Å². The van der Waals surface area contributed by atoms with E-state index in [1.54, 1.807) is 0 Å². The van der Waals surface area contributed by atoms with E-state index >= 15 is 0 Å². The molecular formula is C13H16Cl2NO5+. The molecule has 0 aliphatic rings. The number of carboxylic acid groups (broad SMARTS) is 1. The fraction of sp³-hybridized carbons (Fsp3) is 0.462. The molecule has 0 saturated carbocycles. The molecule has 0 heterocycles. The van der Waals surface area contributed by atoms with Crippen LogP contribution in [0.5, 0.6) is 5.75 Å². The summed E-state index contributed by atoms with van der Waals surface area (Å²) in [6.07, 6.45) is -0.101. The minimum atomic E-state index is -1.09. The van der Waals surface area contributed by atoms with E-state index in [2.05, 4.69) is 0 Å². The Morgan fingerprint density at radius 2 is 2.00 bits per heavy atom. The topological polar surface area (TPSA) is 75.8 Å². The molecule has 1 aromatic rings. The molecule has 21 heavy (non-hydrogen) atoms. The van der Waals surface area contributed by atoms with Crippen LogP contribution in [0, 0.1) is 4.91 Å². The van der Waals surface area contributed by atoms with Gasteiger partial charge in [-0.25, -0.2) is 4.79 Å². The average Bonchev–Trinajstić information content (AvgIpc) is 2.37. The van der Waals surface area contributed by atoms with Crippen LogP contribution in [-0.2, 0) is 9.53 Å². The number of aliphatic carboxylic acids is 1. The highest BCUT2D eigenvalue weighted by atomic mass is 35.5. The van der Waals surface area contributed by atoms with Crippen molar-refractivity contribution in [2.75, 3.05) is 19.8 Å². The maximum atomic E-state index is 12.0. The van der Waals surface area contributed by atoms with E-state index in [1.807, 2.05) is 13.8 Å². The second kappa shape index (κ2) is 8.17. The van der Waals surface area contributed by atoms with E-state index in [4.69, 9.17) is 37.8 Å². The van der Waals surface area contributed by atoms with Crippen molar-refractivity contribution in [1.29, 1.82) is 0 Å². The first-order valence-electron chi connectivity index (χ1n) is 6.21. The summed E-state index contributed by atoms with van der Waals surface area (Å²) in [5, 5.41) is 8.92. The van der Waals surface area contributed by atoms with Gasteiger partial charge in [0.15, 0.2) is 0 Å². The van der Waals surface area contributed by atoms with Gasteiger partial charge in [0.25, 0.3) is 5.69 Å². The largest absolute Gasteiger partial charge is 0.489 e. The summed E-state index contributed by atoms with van der Waals surface area (Å²) >= 11 is 12.0. The highest BCUT2D eigenvalue weighted by Gasteiger charge is 2.22. The van der Waals surface area contributed by atoms with E-state index in [0.29, 0.717) is 15.5 Å². The molecule has 0 radical (unpaired) electrons. The van der Waals surface area contributed by atoms with Crippen molar-refractivity contribution in [3.05, 3.63) is 27.1 Å². The summed E-state index contributed by atoms with van der Waals surface area (Å²) in [6.45, 7) is 3.12. The SMILES string of the molecule is CC(C)Oc1cc([N+](=O)CCOCC(=O)O)c(Cl)cc1Cl. The van der Waals surface area contributed by atoms with Crippen LogP contribution in [0.1, 0.15) is 13.8 Å². The molecule has 0 fully saturated rings. The Labute approximate surface area is 132 Å². The minimum absolute atomic E-state index is 0.0326. The third kappa shape index (κ3) is 5.87. The fourth-order valence-corrected chi connectivity index (χ4v) is 2.00. The summed E-state index contributed by atoms with van der Waals surface area (Å²) in [4.78, 5) is 22.2. The number of nitrogens with zero attached hydrogens (tertiary/aromatic N) is 1. The molecule has 0 bridgehead atoms. The highest BCUT2D eigenvalue weighted by molar-refractivity contribution is 6.36. The van der Waals surface area contributed by atoms with Gasteiger partial charge < -0.3 is 14.6 Å². The van der Waals surface area contributed by atoms with Gasteiger partial charge in [-0.05, 0) is 19.9 Å². The van der Waals surface area contributed by atoms with E-state index in [0.717, 1.165) is 0 Å². The molecule has 0 saturated heterocycles. The third-order valence-electron chi connectivity index (χ3n) is 2.30. The minimum Gasteiger partial charge on any atom is -0.489 e. The molecule has 0 atom stereocenters. The number of carbonyl (C=O) groups is 1. The van der Waals surface area contributed by atoms with E-state index in [1.165, 1.54) is 12.1 Å². The lowest BCUT2D eigenvalue weighted by atomic mass is 10.3. The van der Waals surface area contributed by atoms with Gasteiger partial charge in [0, 0.05) is 9.67 Å². The summed E-state index contributed by atoms with van der Waals surface area (Å²) in [6, 6.07) is 2.88. The van der Waals surface area contributed by atoms with Gasteiger partial charge in [-0.1, -0.05) is 23.2 Å². The zero-order valence-electron chi connectivity index (χ0n) is 11.6. The summed E-state index contributed by atoms with van der Waals surface area (Å²) in [5.74, 6) is -0.733. The Hall–Kier alpha value is -1.37. The zero-order valence-corrected chi connectivity index (χ0v) is 13.1. The maximum absolute atomic E-state index is 12.0. The Balaban J connectivity index is 2.76. The van der Waals surface area contributed by atoms with Crippen LogP contribution in [-0.4, -0.2) is 41.7 Å². The Kier molecular flexibility index (Phi) is 6.87. The molecule has 0 aliphatic carbocycles. The first-order chi connectivity index (χ1) is 9.81. The highest BCUT2D eigenvalue weighted by Crippen LogP contribution is 2.36. The molecule has 8 heteroatoms. The third-order valence-corrected chi connectivity index (χ3v) is 2.90. The molecule has 0 aromatic heterocycles. The Morgan fingerprint density at radius 3 is 2.57 bits per heavy atom. The van der Waals surface area contributed by atoms with Crippen molar-refractivity contribution in [1.82, 2.24) is 0 Å². The summed E-state index contributed by atoms with van der Waals surface area (Å²) < 4.78 is 10.9.